The monoisotopic (exact) mass is 329 g/mol. The van der Waals surface area contributed by atoms with Crippen LogP contribution in [0.5, 0.6) is 5.75 Å². The van der Waals surface area contributed by atoms with Gasteiger partial charge in [0, 0.05) is 31.4 Å². The molecule has 1 aromatic heterocycles. The number of hydrogen-bond acceptors (Lipinski definition) is 4. The molecule has 2 N–H and O–H groups in total. The zero-order valence-corrected chi connectivity index (χ0v) is 13.1. The van der Waals surface area contributed by atoms with Crippen LogP contribution in [0, 0.1) is 0 Å². The molecule has 0 spiro atoms. The summed E-state index contributed by atoms with van der Waals surface area (Å²) >= 11 is 11.8. The second-order valence-electron chi connectivity index (χ2n) is 4.65. The maximum absolute atomic E-state index is 9.86. The number of rotatable bonds is 7. The normalized spacial score (nSPS) is 12.4. The van der Waals surface area contributed by atoms with Gasteiger partial charge in [-0.05, 0) is 24.3 Å². The summed E-state index contributed by atoms with van der Waals surface area (Å²) in [7, 11) is 1.86. The minimum absolute atomic E-state index is 0.149. The van der Waals surface area contributed by atoms with Gasteiger partial charge in [-0.2, -0.15) is 5.10 Å². The van der Waals surface area contributed by atoms with Crippen molar-refractivity contribution in [2.45, 2.75) is 12.6 Å². The van der Waals surface area contributed by atoms with Crippen molar-refractivity contribution in [2.24, 2.45) is 7.05 Å². The van der Waals surface area contributed by atoms with E-state index in [-0.39, 0.29) is 6.61 Å². The molecule has 2 aromatic rings. The van der Waals surface area contributed by atoms with E-state index in [9.17, 15) is 5.11 Å². The molecule has 1 atom stereocenters. The maximum atomic E-state index is 9.86. The van der Waals surface area contributed by atoms with E-state index >= 15 is 0 Å². The molecular formula is C14H17Cl2N3O2. The van der Waals surface area contributed by atoms with E-state index in [2.05, 4.69) is 10.4 Å². The fourth-order valence-corrected chi connectivity index (χ4v) is 2.22. The molecule has 114 valence electrons. The minimum atomic E-state index is -0.638. The molecule has 0 aliphatic heterocycles. The molecule has 5 nitrogen and oxygen atoms in total. The van der Waals surface area contributed by atoms with Crippen molar-refractivity contribution >= 4 is 23.2 Å². The van der Waals surface area contributed by atoms with E-state index < -0.39 is 6.10 Å². The lowest BCUT2D eigenvalue weighted by atomic mass is 10.3. The first-order chi connectivity index (χ1) is 10.0. The maximum Gasteiger partial charge on any atom is 0.138 e. The number of nitrogens with zero attached hydrogens (tertiary/aromatic N) is 2. The van der Waals surface area contributed by atoms with Gasteiger partial charge in [-0.1, -0.05) is 23.2 Å². The van der Waals surface area contributed by atoms with Crippen LogP contribution < -0.4 is 10.1 Å². The molecule has 0 aliphatic rings. The smallest absolute Gasteiger partial charge is 0.138 e. The Bertz CT molecular complexity index is 589. The summed E-state index contributed by atoms with van der Waals surface area (Å²) in [5, 5.41) is 18.2. The predicted molar refractivity (Wildman–Crippen MR) is 82.9 cm³/mol. The lowest BCUT2D eigenvalue weighted by Crippen LogP contribution is -2.31. The molecule has 7 heteroatoms. The van der Waals surface area contributed by atoms with E-state index in [0.29, 0.717) is 28.9 Å². The van der Waals surface area contributed by atoms with Crippen LogP contribution in [0.4, 0.5) is 0 Å². The Morgan fingerprint density at radius 1 is 1.38 bits per heavy atom. The number of aliphatic hydroxyl groups is 1. The van der Waals surface area contributed by atoms with Gasteiger partial charge in [0.2, 0.25) is 0 Å². The third-order valence-electron chi connectivity index (χ3n) is 2.78. The zero-order valence-electron chi connectivity index (χ0n) is 11.6. The van der Waals surface area contributed by atoms with Crippen LogP contribution in [0.15, 0.2) is 30.5 Å². The summed E-state index contributed by atoms with van der Waals surface area (Å²) in [5.41, 5.74) is 0.923. The summed E-state index contributed by atoms with van der Waals surface area (Å²) in [4.78, 5) is 0. The standard InChI is InChI=1S/C14H17Cl2N3O2/c1-19-5-4-11(18-19)7-17-8-12(20)9-21-14-3-2-10(15)6-13(14)16/h2-6,12,17,20H,7-9H2,1H3. The van der Waals surface area contributed by atoms with Crippen molar-refractivity contribution in [3.63, 3.8) is 0 Å². The Kier molecular flexibility index (Phi) is 5.87. The molecule has 0 fully saturated rings. The fourth-order valence-electron chi connectivity index (χ4n) is 1.76. The highest BCUT2D eigenvalue weighted by molar-refractivity contribution is 6.35. The van der Waals surface area contributed by atoms with Gasteiger partial charge in [0.15, 0.2) is 0 Å². The molecule has 0 bridgehead atoms. The van der Waals surface area contributed by atoms with Crippen molar-refractivity contribution < 1.29 is 9.84 Å². The van der Waals surface area contributed by atoms with Crippen LogP contribution in [0.25, 0.3) is 0 Å². The zero-order chi connectivity index (χ0) is 15.2. The number of halogens is 2. The van der Waals surface area contributed by atoms with Gasteiger partial charge in [0.05, 0.1) is 10.7 Å². The van der Waals surface area contributed by atoms with Crippen LogP contribution >= 0.6 is 23.2 Å². The molecule has 2 rings (SSSR count). The van der Waals surface area contributed by atoms with Gasteiger partial charge in [0.25, 0.3) is 0 Å². The van der Waals surface area contributed by atoms with E-state index in [1.165, 1.54) is 0 Å². The number of aliphatic hydroxyl groups excluding tert-OH is 1. The predicted octanol–water partition coefficient (Wildman–Crippen LogP) is 2.26. The van der Waals surface area contributed by atoms with Gasteiger partial charge >= 0.3 is 0 Å². The van der Waals surface area contributed by atoms with Gasteiger partial charge in [-0.25, -0.2) is 0 Å². The highest BCUT2D eigenvalue weighted by Crippen LogP contribution is 2.27. The first kappa shape index (κ1) is 16.1. The van der Waals surface area contributed by atoms with Crippen molar-refractivity contribution in [3.8, 4) is 5.75 Å². The van der Waals surface area contributed by atoms with Crippen molar-refractivity contribution in [3.05, 3.63) is 46.2 Å². The van der Waals surface area contributed by atoms with Crippen LogP contribution in [0.3, 0.4) is 0 Å². The number of aromatic nitrogens is 2. The van der Waals surface area contributed by atoms with Gasteiger partial charge in [-0.3, -0.25) is 4.68 Å². The Labute approximate surface area is 133 Å². The second kappa shape index (κ2) is 7.66. The SMILES string of the molecule is Cn1ccc(CNCC(O)COc2ccc(Cl)cc2Cl)n1. The molecule has 1 unspecified atom stereocenters. The fraction of sp³-hybridized carbons (Fsp3) is 0.357. The van der Waals surface area contributed by atoms with E-state index in [0.717, 1.165) is 5.69 Å². The summed E-state index contributed by atoms with van der Waals surface area (Å²) < 4.78 is 7.20. The van der Waals surface area contributed by atoms with Crippen LogP contribution in [0.1, 0.15) is 5.69 Å². The van der Waals surface area contributed by atoms with Crippen molar-refractivity contribution in [2.75, 3.05) is 13.2 Å². The molecule has 0 saturated heterocycles. The van der Waals surface area contributed by atoms with Gasteiger partial charge in [-0.15, -0.1) is 0 Å². The first-order valence-electron chi connectivity index (χ1n) is 6.50. The Hall–Kier alpha value is -1.27. The topological polar surface area (TPSA) is 59.3 Å². The quantitative estimate of drug-likeness (QED) is 0.818. The molecule has 1 aromatic carbocycles. The molecule has 0 aliphatic carbocycles. The number of nitrogens with one attached hydrogen (secondary N) is 1. The van der Waals surface area contributed by atoms with Crippen LogP contribution in [-0.2, 0) is 13.6 Å². The van der Waals surface area contributed by atoms with Gasteiger partial charge in [0.1, 0.15) is 18.5 Å². The second-order valence-corrected chi connectivity index (χ2v) is 5.49. The highest BCUT2D eigenvalue weighted by atomic mass is 35.5. The third-order valence-corrected chi connectivity index (χ3v) is 3.31. The molecule has 1 heterocycles. The lowest BCUT2D eigenvalue weighted by Gasteiger charge is -2.13. The number of ether oxygens (including phenoxy) is 1. The first-order valence-corrected chi connectivity index (χ1v) is 7.25. The van der Waals surface area contributed by atoms with Gasteiger partial charge < -0.3 is 15.2 Å². The molecular weight excluding hydrogens is 313 g/mol. The number of benzene rings is 1. The van der Waals surface area contributed by atoms with Crippen molar-refractivity contribution in [1.82, 2.24) is 15.1 Å². The molecule has 0 radical (unpaired) electrons. The largest absolute Gasteiger partial charge is 0.489 e. The summed E-state index contributed by atoms with van der Waals surface area (Å²) in [6.45, 7) is 1.15. The molecule has 0 amide bonds. The Morgan fingerprint density at radius 2 is 2.19 bits per heavy atom. The average Bonchev–Trinajstić information content (AvgIpc) is 2.83. The van der Waals surface area contributed by atoms with E-state index in [4.69, 9.17) is 27.9 Å². The minimum Gasteiger partial charge on any atom is -0.489 e. The third kappa shape index (κ3) is 5.21. The van der Waals surface area contributed by atoms with Crippen LogP contribution in [0.2, 0.25) is 10.0 Å². The van der Waals surface area contributed by atoms with Crippen LogP contribution in [-0.4, -0.2) is 34.1 Å². The lowest BCUT2D eigenvalue weighted by molar-refractivity contribution is 0.106. The Balaban J connectivity index is 1.70. The number of hydrogen-bond donors (Lipinski definition) is 2. The molecule has 21 heavy (non-hydrogen) atoms. The molecule has 0 saturated carbocycles. The highest BCUT2D eigenvalue weighted by Gasteiger charge is 2.08. The Morgan fingerprint density at radius 3 is 2.86 bits per heavy atom. The summed E-state index contributed by atoms with van der Waals surface area (Å²) in [6, 6.07) is 6.89. The van der Waals surface area contributed by atoms with E-state index in [1.54, 1.807) is 22.9 Å². The van der Waals surface area contributed by atoms with E-state index in [1.807, 2.05) is 19.3 Å². The summed E-state index contributed by atoms with van der Waals surface area (Å²) in [6.07, 6.45) is 1.24. The summed E-state index contributed by atoms with van der Waals surface area (Å²) in [5.74, 6) is 0.504. The average molecular weight is 330 g/mol. The number of aryl methyl sites for hydroxylation is 1. The van der Waals surface area contributed by atoms with Crippen molar-refractivity contribution in [1.29, 1.82) is 0 Å².